The number of para-hydroxylation sites is 2. The van der Waals surface area contributed by atoms with Gasteiger partial charge in [-0.3, -0.25) is 19.1 Å². The number of nitrogens with zero attached hydrogens (tertiary/aromatic N) is 3. The number of imidazole rings is 1. The van der Waals surface area contributed by atoms with Crippen LogP contribution in [0.1, 0.15) is 23.6 Å². The lowest BCUT2D eigenvalue weighted by molar-refractivity contribution is -0.124. The standard InChI is InChI=1S/C22H24N4O3/c1-14-10-15(2)12-16(11-14)23-20(27)13-19-21(28)25(8-9-29-3)22-24-17-6-4-5-7-18(17)26(19)22/h4-7,10-12,19H,8-9,13H2,1-3H3,(H,23,27)/t19-/m0/s1. The summed E-state index contributed by atoms with van der Waals surface area (Å²) in [5, 5.41) is 2.93. The molecule has 150 valence electrons. The van der Waals surface area contributed by atoms with Crippen LogP contribution >= 0.6 is 0 Å². The quantitative estimate of drug-likeness (QED) is 0.699. The molecule has 29 heavy (non-hydrogen) atoms. The molecule has 1 aromatic heterocycles. The first-order valence-corrected chi connectivity index (χ1v) is 9.63. The predicted octanol–water partition coefficient (Wildman–Crippen LogP) is 3.22. The van der Waals surface area contributed by atoms with E-state index >= 15 is 0 Å². The molecule has 1 aliphatic heterocycles. The summed E-state index contributed by atoms with van der Waals surface area (Å²) in [6.45, 7) is 4.77. The first-order valence-electron chi connectivity index (χ1n) is 9.63. The van der Waals surface area contributed by atoms with Gasteiger partial charge in [0.2, 0.25) is 11.9 Å². The van der Waals surface area contributed by atoms with Crippen LogP contribution in [0.5, 0.6) is 0 Å². The molecule has 4 rings (SSSR count). The highest BCUT2D eigenvalue weighted by molar-refractivity contribution is 6.05. The van der Waals surface area contributed by atoms with Crippen molar-refractivity contribution in [2.45, 2.75) is 26.3 Å². The number of fused-ring (bicyclic) bond motifs is 3. The largest absolute Gasteiger partial charge is 0.383 e. The molecule has 1 aliphatic rings. The molecular formula is C22H24N4O3. The maximum Gasteiger partial charge on any atom is 0.253 e. The van der Waals surface area contributed by atoms with Crippen molar-refractivity contribution in [3.63, 3.8) is 0 Å². The number of carbonyl (C=O) groups excluding carboxylic acids is 2. The van der Waals surface area contributed by atoms with E-state index in [1.54, 1.807) is 12.0 Å². The molecule has 1 atom stereocenters. The summed E-state index contributed by atoms with van der Waals surface area (Å²) in [5.74, 6) is 0.231. The van der Waals surface area contributed by atoms with Crippen molar-refractivity contribution in [3.8, 4) is 0 Å². The Kier molecular flexibility index (Phi) is 5.07. The van der Waals surface area contributed by atoms with E-state index in [1.807, 2.05) is 60.9 Å². The summed E-state index contributed by atoms with van der Waals surface area (Å²) in [6.07, 6.45) is 0.0443. The van der Waals surface area contributed by atoms with Gasteiger partial charge in [-0.2, -0.15) is 0 Å². The molecule has 7 nitrogen and oxygen atoms in total. The van der Waals surface area contributed by atoms with Gasteiger partial charge >= 0.3 is 0 Å². The van der Waals surface area contributed by atoms with Gasteiger partial charge in [0.15, 0.2) is 0 Å². The fourth-order valence-corrected chi connectivity index (χ4v) is 3.92. The predicted molar refractivity (Wildman–Crippen MR) is 112 cm³/mol. The third-order valence-corrected chi connectivity index (χ3v) is 5.08. The number of amides is 2. The molecule has 1 N–H and O–H groups in total. The third kappa shape index (κ3) is 3.61. The summed E-state index contributed by atoms with van der Waals surface area (Å²) in [4.78, 5) is 32.1. The molecule has 0 saturated carbocycles. The average molecular weight is 392 g/mol. The fraction of sp³-hybridized carbons (Fsp3) is 0.318. The van der Waals surface area contributed by atoms with Crippen LogP contribution in [-0.4, -0.2) is 41.6 Å². The Labute approximate surface area is 169 Å². The zero-order valence-electron chi connectivity index (χ0n) is 16.8. The second-order valence-corrected chi connectivity index (χ2v) is 7.40. The van der Waals surface area contributed by atoms with E-state index in [2.05, 4.69) is 10.3 Å². The average Bonchev–Trinajstić information content (AvgIpc) is 3.15. The van der Waals surface area contributed by atoms with Gasteiger partial charge in [-0.05, 0) is 49.2 Å². The third-order valence-electron chi connectivity index (χ3n) is 5.08. The molecule has 0 spiro atoms. The maximum atomic E-state index is 13.1. The van der Waals surface area contributed by atoms with E-state index in [1.165, 1.54) is 0 Å². The van der Waals surface area contributed by atoms with Crippen molar-refractivity contribution in [1.29, 1.82) is 0 Å². The number of anilines is 2. The highest BCUT2D eigenvalue weighted by Crippen LogP contribution is 2.36. The summed E-state index contributed by atoms with van der Waals surface area (Å²) in [7, 11) is 1.60. The van der Waals surface area contributed by atoms with E-state index in [-0.39, 0.29) is 18.2 Å². The van der Waals surface area contributed by atoms with Crippen LogP contribution in [0, 0.1) is 13.8 Å². The molecule has 0 aliphatic carbocycles. The summed E-state index contributed by atoms with van der Waals surface area (Å²) >= 11 is 0. The number of carbonyl (C=O) groups is 2. The molecule has 0 saturated heterocycles. The van der Waals surface area contributed by atoms with Crippen LogP contribution in [0.4, 0.5) is 11.6 Å². The molecule has 3 aromatic rings. The van der Waals surface area contributed by atoms with Crippen LogP contribution in [0.3, 0.4) is 0 Å². The molecule has 0 bridgehead atoms. The van der Waals surface area contributed by atoms with Gasteiger partial charge < -0.3 is 10.1 Å². The molecule has 0 radical (unpaired) electrons. The number of rotatable bonds is 6. The number of methoxy groups -OCH3 is 1. The van der Waals surface area contributed by atoms with E-state index in [9.17, 15) is 9.59 Å². The minimum Gasteiger partial charge on any atom is -0.383 e. The molecule has 0 fully saturated rings. The van der Waals surface area contributed by atoms with E-state index in [0.717, 1.165) is 27.8 Å². The molecule has 2 aromatic carbocycles. The van der Waals surface area contributed by atoms with Crippen LogP contribution in [0.2, 0.25) is 0 Å². The Morgan fingerprint density at radius 2 is 1.90 bits per heavy atom. The molecular weight excluding hydrogens is 368 g/mol. The summed E-state index contributed by atoms with van der Waals surface area (Å²) in [6, 6.07) is 12.9. The number of hydrogen-bond donors (Lipinski definition) is 1. The minimum atomic E-state index is -0.625. The molecule has 0 unspecified atom stereocenters. The number of benzene rings is 2. The second kappa shape index (κ2) is 7.67. The Bertz CT molecular complexity index is 1070. The van der Waals surface area contributed by atoms with Gasteiger partial charge in [-0.25, -0.2) is 4.98 Å². The summed E-state index contributed by atoms with van der Waals surface area (Å²) in [5.41, 5.74) is 4.54. The Morgan fingerprint density at radius 1 is 1.17 bits per heavy atom. The van der Waals surface area contributed by atoms with E-state index < -0.39 is 6.04 Å². The van der Waals surface area contributed by atoms with Gasteiger partial charge in [0, 0.05) is 12.8 Å². The van der Waals surface area contributed by atoms with Crippen LogP contribution in [0.25, 0.3) is 11.0 Å². The lowest BCUT2D eigenvalue weighted by Gasteiger charge is -2.15. The van der Waals surface area contributed by atoms with Gasteiger partial charge in [-0.1, -0.05) is 18.2 Å². The molecule has 2 heterocycles. The van der Waals surface area contributed by atoms with Crippen molar-refractivity contribution in [3.05, 3.63) is 53.6 Å². The topological polar surface area (TPSA) is 76.5 Å². The van der Waals surface area contributed by atoms with Crippen molar-refractivity contribution >= 4 is 34.5 Å². The number of aromatic nitrogens is 2. The number of nitrogens with one attached hydrogen (secondary N) is 1. The van der Waals surface area contributed by atoms with Gasteiger partial charge in [0.1, 0.15) is 6.04 Å². The number of aryl methyl sites for hydroxylation is 2. The number of hydrogen-bond acceptors (Lipinski definition) is 4. The lowest BCUT2D eigenvalue weighted by Crippen LogP contribution is -2.33. The molecule has 2 amide bonds. The first-order chi connectivity index (χ1) is 14.0. The highest BCUT2D eigenvalue weighted by Gasteiger charge is 2.40. The maximum absolute atomic E-state index is 13.1. The van der Waals surface area contributed by atoms with Crippen LogP contribution < -0.4 is 10.2 Å². The van der Waals surface area contributed by atoms with Crippen molar-refractivity contribution < 1.29 is 14.3 Å². The fourth-order valence-electron chi connectivity index (χ4n) is 3.92. The zero-order chi connectivity index (χ0) is 20.5. The Morgan fingerprint density at radius 3 is 2.62 bits per heavy atom. The minimum absolute atomic E-state index is 0.0443. The monoisotopic (exact) mass is 392 g/mol. The second-order valence-electron chi connectivity index (χ2n) is 7.40. The zero-order valence-corrected chi connectivity index (χ0v) is 16.8. The first kappa shape index (κ1) is 19.1. The van der Waals surface area contributed by atoms with Crippen LogP contribution in [-0.2, 0) is 14.3 Å². The highest BCUT2D eigenvalue weighted by atomic mass is 16.5. The molecule has 7 heteroatoms. The van der Waals surface area contributed by atoms with Crippen molar-refractivity contribution in [2.24, 2.45) is 0 Å². The van der Waals surface area contributed by atoms with Gasteiger partial charge in [0.25, 0.3) is 5.91 Å². The lowest BCUT2D eigenvalue weighted by atomic mass is 10.1. The Hall–Kier alpha value is -3.19. The van der Waals surface area contributed by atoms with E-state index in [0.29, 0.717) is 19.1 Å². The van der Waals surface area contributed by atoms with E-state index in [4.69, 9.17) is 4.74 Å². The SMILES string of the molecule is COCCN1C(=O)[C@H](CC(=O)Nc2cc(C)cc(C)c2)n2c1nc1ccccc12. The van der Waals surface area contributed by atoms with Gasteiger partial charge in [-0.15, -0.1) is 0 Å². The summed E-state index contributed by atoms with van der Waals surface area (Å²) < 4.78 is 7.02. The van der Waals surface area contributed by atoms with Crippen molar-refractivity contribution in [2.75, 3.05) is 30.5 Å². The normalized spacial score (nSPS) is 15.8. The van der Waals surface area contributed by atoms with Crippen LogP contribution in [0.15, 0.2) is 42.5 Å². The van der Waals surface area contributed by atoms with Gasteiger partial charge in [0.05, 0.1) is 30.6 Å². The number of ether oxygens (including phenoxy) is 1. The van der Waals surface area contributed by atoms with Crippen molar-refractivity contribution in [1.82, 2.24) is 9.55 Å². The smallest absolute Gasteiger partial charge is 0.253 e. The Balaban J connectivity index is 1.63.